The molecule has 1 aliphatic rings. The zero-order chi connectivity index (χ0) is 16.9. The van der Waals surface area contributed by atoms with Gasteiger partial charge >= 0.3 is 6.03 Å². The summed E-state index contributed by atoms with van der Waals surface area (Å²) < 4.78 is 0. The van der Waals surface area contributed by atoms with Gasteiger partial charge in [-0.3, -0.25) is 5.32 Å². The molecule has 0 atom stereocenters. The SMILES string of the molecule is CC(C)c1cnc(NC(=O)Nc2ccc(C3CCCCC3)cc2)s1. The monoisotopic (exact) mass is 343 g/mol. The van der Waals surface area contributed by atoms with Crippen molar-refractivity contribution in [2.75, 3.05) is 10.6 Å². The van der Waals surface area contributed by atoms with Crippen LogP contribution < -0.4 is 10.6 Å². The average molecular weight is 343 g/mol. The van der Waals surface area contributed by atoms with Gasteiger partial charge in [-0.1, -0.05) is 45.2 Å². The van der Waals surface area contributed by atoms with E-state index in [9.17, 15) is 4.79 Å². The molecule has 5 heteroatoms. The zero-order valence-electron chi connectivity index (χ0n) is 14.3. The summed E-state index contributed by atoms with van der Waals surface area (Å²) in [6, 6.07) is 8.03. The van der Waals surface area contributed by atoms with Gasteiger partial charge in [0.2, 0.25) is 0 Å². The lowest BCUT2D eigenvalue weighted by Crippen LogP contribution is -2.19. The van der Waals surface area contributed by atoms with Crippen LogP contribution in [0.15, 0.2) is 30.5 Å². The van der Waals surface area contributed by atoms with Crippen molar-refractivity contribution in [2.45, 2.75) is 57.8 Å². The van der Waals surface area contributed by atoms with Gasteiger partial charge in [-0.2, -0.15) is 0 Å². The van der Waals surface area contributed by atoms with Crippen molar-refractivity contribution in [1.29, 1.82) is 0 Å². The lowest BCUT2D eigenvalue weighted by atomic mass is 9.84. The molecule has 128 valence electrons. The number of nitrogens with zero attached hydrogens (tertiary/aromatic N) is 1. The molecule has 0 bridgehead atoms. The Morgan fingerprint density at radius 3 is 2.46 bits per heavy atom. The summed E-state index contributed by atoms with van der Waals surface area (Å²) in [4.78, 5) is 17.5. The number of amides is 2. The van der Waals surface area contributed by atoms with E-state index in [1.807, 2.05) is 18.3 Å². The number of aromatic nitrogens is 1. The van der Waals surface area contributed by atoms with Crippen LogP contribution in [-0.4, -0.2) is 11.0 Å². The fraction of sp³-hybridized carbons (Fsp3) is 0.474. The number of nitrogens with one attached hydrogen (secondary N) is 2. The number of hydrogen-bond donors (Lipinski definition) is 2. The second-order valence-electron chi connectivity index (χ2n) is 6.76. The van der Waals surface area contributed by atoms with E-state index in [1.54, 1.807) is 0 Å². The van der Waals surface area contributed by atoms with Crippen molar-refractivity contribution < 1.29 is 4.79 Å². The first-order valence-electron chi connectivity index (χ1n) is 8.75. The van der Waals surface area contributed by atoms with Gasteiger partial charge in [0.1, 0.15) is 0 Å². The van der Waals surface area contributed by atoms with E-state index in [4.69, 9.17) is 0 Å². The first-order chi connectivity index (χ1) is 11.6. The molecule has 1 aliphatic carbocycles. The maximum atomic E-state index is 12.1. The Morgan fingerprint density at radius 2 is 1.83 bits per heavy atom. The van der Waals surface area contributed by atoms with Crippen molar-refractivity contribution >= 4 is 28.2 Å². The van der Waals surface area contributed by atoms with Gasteiger partial charge in [-0.15, -0.1) is 11.3 Å². The van der Waals surface area contributed by atoms with Crippen molar-refractivity contribution in [1.82, 2.24) is 4.98 Å². The molecule has 0 radical (unpaired) electrons. The number of benzene rings is 1. The summed E-state index contributed by atoms with van der Waals surface area (Å²) in [6.07, 6.45) is 8.43. The van der Waals surface area contributed by atoms with E-state index in [0.717, 1.165) is 5.69 Å². The Morgan fingerprint density at radius 1 is 1.12 bits per heavy atom. The molecule has 1 aromatic heterocycles. The van der Waals surface area contributed by atoms with Crippen LogP contribution in [0, 0.1) is 0 Å². The normalized spacial score (nSPS) is 15.5. The van der Waals surface area contributed by atoms with E-state index in [2.05, 4.69) is 41.6 Å². The first-order valence-corrected chi connectivity index (χ1v) is 9.57. The predicted molar refractivity (Wildman–Crippen MR) is 101 cm³/mol. The maximum absolute atomic E-state index is 12.1. The molecule has 0 spiro atoms. The molecule has 1 saturated carbocycles. The maximum Gasteiger partial charge on any atom is 0.325 e. The molecule has 4 nitrogen and oxygen atoms in total. The van der Waals surface area contributed by atoms with Gasteiger partial charge in [0.05, 0.1) is 0 Å². The first kappa shape index (κ1) is 17.0. The third-order valence-electron chi connectivity index (χ3n) is 4.56. The highest BCUT2D eigenvalue weighted by Crippen LogP contribution is 2.33. The number of urea groups is 1. The van der Waals surface area contributed by atoms with Gasteiger partial charge in [0.15, 0.2) is 5.13 Å². The summed E-state index contributed by atoms with van der Waals surface area (Å²) in [5.41, 5.74) is 2.20. The van der Waals surface area contributed by atoms with Crippen molar-refractivity contribution in [2.24, 2.45) is 0 Å². The molecule has 24 heavy (non-hydrogen) atoms. The number of hydrogen-bond acceptors (Lipinski definition) is 3. The molecule has 2 aromatic rings. The fourth-order valence-corrected chi connectivity index (χ4v) is 3.96. The van der Waals surface area contributed by atoms with Crippen molar-refractivity contribution in [3.05, 3.63) is 40.9 Å². The van der Waals surface area contributed by atoms with Crippen LogP contribution in [0.25, 0.3) is 0 Å². The summed E-state index contributed by atoms with van der Waals surface area (Å²) in [7, 11) is 0. The second kappa shape index (κ2) is 7.79. The molecule has 1 fully saturated rings. The highest BCUT2D eigenvalue weighted by Gasteiger charge is 2.15. The third-order valence-corrected chi connectivity index (χ3v) is 5.77. The number of carbonyl (C=O) groups is 1. The molecule has 1 aromatic carbocycles. The molecule has 3 rings (SSSR count). The van der Waals surface area contributed by atoms with Gasteiger partial charge in [0.25, 0.3) is 0 Å². The van der Waals surface area contributed by atoms with E-state index in [-0.39, 0.29) is 6.03 Å². The van der Waals surface area contributed by atoms with Crippen LogP contribution in [0.4, 0.5) is 15.6 Å². The number of thiazole rings is 1. The van der Waals surface area contributed by atoms with E-state index < -0.39 is 0 Å². The fourth-order valence-electron chi connectivity index (χ4n) is 3.15. The minimum Gasteiger partial charge on any atom is -0.308 e. The number of anilines is 2. The Labute approximate surface area is 147 Å². The van der Waals surface area contributed by atoms with E-state index in [0.29, 0.717) is 17.0 Å². The van der Waals surface area contributed by atoms with Gasteiger partial charge in [0, 0.05) is 16.8 Å². The van der Waals surface area contributed by atoms with E-state index >= 15 is 0 Å². The predicted octanol–water partition coefficient (Wildman–Crippen LogP) is 5.96. The molecular weight excluding hydrogens is 318 g/mol. The largest absolute Gasteiger partial charge is 0.325 e. The smallest absolute Gasteiger partial charge is 0.308 e. The quantitative estimate of drug-likeness (QED) is 0.720. The summed E-state index contributed by atoms with van der Waals surface area (Å²) in [5, 5.41) is 6.31. The lowest BCUT2D eigenvalue weighted by Gasteiger charge is -2.22. The molecule has 1 heterocycles. The van der Waals surface area contributed by atoms with Gasteiger partial charge in [-0.05, 0) is 42.4 Å². The van der Waals surface area contributed by atoms with Crippen LogP contribution >= 0.6 is 11.3 Å². The second-order valence-corrected chi connectivity index (χ2v) is 7.82. The molecule has 0 aliphatic heterocycles. The van der Waals surface area contributed by atoms with Crippen LogP contribution in [0.5, 0.6) is 0 Å². The van der Waals surface area contributed by atoms with Gasteiger partial charge in [-0.25, -0.2) is 9.78 Å². The van der Waals surface area contributed by atoms with Crippen LogP contribution in [0.3, 0.4) is 0 Å². The summed E-state index contributed by atoms with van der Waals surface area (Å²) >= 11 is 1.52. The highest BCUT2D eigenvalue weighted by atomic mass is 32.1. The number of carbonyl (C=O) groups excluding carboxylic acids is 1. The zero-order valence-corrected chi connectivity index (χ0v) is 15.2. The lowest BCUT2D eigenvalue weighted by molar-refractivity contribution is 0.262. The minimum absolute atomic E-state index is 0.245. The summed E-state index contributed by atoms with van der Waals surface area (Å²) in [6.45, 7) is 4.23. The molecule has 0 saturated heterocycles. The van der Waals surface area contributed by atoms with Crippen LogP contribution in [-0.2, 0) is 0 Å². The van der Waals surface area contributed by atoms with Crippen LogP contribution in [0.1, 0.15) is 68.2 Å². The highest BCUT2D eigenvalue weighted by molar-refractivity contribution is 7.15. The Bertz CT molecular complexity index is 672. The molecular formula is C19H25N3OS. The molecule has 0 unspecified atom stereocenters. The Hall–Kier alpha value is -1.88. The van der Waals surface area contributed by atoms with Crippen LogP contribution in [0.2, 0.25) is 0 Å². The van der Waals surface area contributed by atoms with Crippen molar-refractivity contribution in [3.63, 3.8) is 0 Å². The topological polar surface area (TPSA) is 54.0 Å². The number of rotatable bonds is 4. The summed E-state index contributed by atoms with van der Waals surface area (Å²) in [5.74, 6) is 1.11. The van der Waals surface area contributed by atoms with Gasteiger partial charge < -0.3 is 5.32 Å². The molecule has 2 N–H and O–H groups in total. The average Bonchev–Trinajstić information content (AvgIpc) is 3.05. The minimum atomic E-state index is -0.245. The third kappa shape index (κ3) is 4.35. The van der Waals surface area contributed by atoms with E-state index in [1.165, 1.54) is 53.9 Å². The van der Waals surface area contributed by atoms with Crippen molar-refractivity contribution in [3.8, 4) is 0 Å². The Balaban J connectivity index is 1.55. The standard InChI is InChI=1S/C19H25N3OS/c1-13(2)17-12-20-19(24-17)22-18(23)21-16-10-8-15(9-11-16)14-6-4-3-5-7-14/h8-14H,3-7H2,1-2H3,(H2,20,21,22,23). The molecule has 2 amide bonds. The Kier molecular flexibility index (Phi) is 5.51.